The van der Waals surface area contributed by atoms with Crippen LogP contribution in [-0.4, -0.2) is 19.8 Å². The average molecular weight is 256 g/mol. The van der Waals surface area contributed by atoms with Crippen molar-refractivity contribution >= 4 is 11.6 Å². The quantitative estimate of drug-likeness (QED) is 0.724. The second kappa shape index (κ2) is 8.51. The van der Waals surface area contributed by atoms with Crippen LogP contribution in [-0.2, 0) is 11.2 Å². The van der Waals surface area contributed by atoms with Crippen molar-refractivity contribution in [3.8, 4) is 0 Å². The van der Waals surface area contributed by atoms with Crippen molar-refractivity contribution in [1.29, 1.82) is 0 Å². The van der Waals surface area contributed by atoms with Crippen molar-refractivity contribution in [3.63, 3.8) is 0 Å². The molecule has 0 saturated heterocycles. The first-order valence-corrected chi connectivity index (χ1v) is 6.67. The molecule has 1 unspecified atom stereocenters. The van der Waals surface area contributed by atoms with E-state index in [4.69, 9.17) is 22.1 Å². The number of benzene rings is 1. The molecule has 2 N–H and O–H groups in total. The lowest BCUT2D eigenvalue weighted by Crippen LogP contribution is -2.19. The van der Waals surface area contributed by atoms with Gasteiger partial charge in [-0.3, -0.25) is 0 Å². The smallest absolute Gasteiger partial charge is 0.0469 e. The first-order chi connectivity index (χ1) is 8.27. The van der Waals surface area contributed by atoms with Gasteiger partial charge in [0.15, 0.2) is 0 Å². The number of hydrogen-bond donors (Lipinski definition) is 1. The fourth-order valence-electron chi connectivity index (χ4n) is 1.77. The predicted molar refractivity (Wildman–Crippen MR) is 73.4 cm³/mol. The molecule has 1 rings (SSSR count). The molecule has 2 nitrogen and oxygen atoms in total. The summed E-state index contributed by atoms with van der Waals surface area (Å²) < 4.78 is 5.49. The summed E-state index contributed by atoms with van der Waals surface area (Å²) in [7, 11) is 0. The van der Waals surface area contributed by atoms with Crippen LogP contribution in [0, 0.1) is 5.92 Å². The molecule has 17 heavy (non-hydrogen) atoms. The number of rotatable bonds is 8. The van der Waals surface area contributed by atoms with Gasteiger partial charge in [0.05, 0.1) is 0 Å². The maximum absolute atomic E-state index is 6.14. The van der Waals surface area contributed by atoms with Crippen molar-refractivity contribution in [2.75, 3.05) is 19.8 Å². The van der Waals surface area contributed by atoms with E-state index in [2.05, 4.69) is 13.0 Å². The maximum atomic E-state index is 6.14. The summed E-state index contributed by atoms with van der Waals surface area (Å²) in [5.74, 6) is 0.451. The molecule has 0 heterocycles. The standard InChI is InChI=1S/C14H22ClNO/c1-2-8-17-9-7-12(11-16)10-13-5-3-4-6-14(13)15/h3-6,12H,2,7-11,16H2,1H3. The minimum absolute atomic E-state index is 0.451. The summed E-state index contributed by atoms with van der Waals surface area (Å²) in [5, 5.41) is 0.834. The van der Waals surface area contributed by atoms with Gasteiger partial charge in [0.25, 0.3) is 0 Å². The van der Waals surface area contributed by atoms with Crippen LogP contribution in [0.25, 0.3) is 0 Å². The first-order valence-electron chi connectivity index (χ1n) is 6.29. The fourth-order valence-corrected chi connectivity index (χ4v) is 1.99. The average Bonchev–Trinajstić information content (AvgIpc) is 2.35. The molecular formula is C14H22ClNO. The Hall–Kier alpha value is -0.570. The molecule has 0 aliphatic rings. The fraction of sp³-hybridized carbons (Fsp3) is 0.571. The molecule has 0 spiro atoms. The molecule has 0 amide bonds. The van der Waals surface area contributed by atoms with Gasteiger partial charge in [-0.25, -0.2) is 0 Å². The largest absolute Gasteiger partial charge is 0.381 e. The van der Waals surface area contributed by atoms with Crippen LogP contribution in [0.4, 0.5) is 0 Å². The molecule has 0 radical (unpaired) electrons. The Morgan fingerprint density at radius 3 is 2.71 bits per heavy atom. The second-order valence-electron chi connectivity index (χ2n) is 4.30. The lowest BCUT2D eigenvalue weighted by molar-refractivity contribution is 0.121. The van der Waals surface area contributed by atoms with E-state index >= 15 is 0 Å². The minimum Gasteiger partial charge on any atom is -0.381 e. The van der Waals surface area contributed by atoms with E-state index in [1.807, 2.05) is 18.2 Å². The monoisotopic (exact) mass is 255 g/mol. The van der Waals surface area contributed by atoms with Crippen LogP contribution < -0.4 is 5.73 Å². The Balaban J connectivity index is 2.38. The van der Waals surface area contributed by atoms with Gasteiger partial charge in [-0.05, 0) is 43.4 Å². The normalized spacial score (nSPS) is 12.6. The number of hydrogen-bond acceptors (Lipinski definition) is 2. The van der Waals surface area contributed by atoms with Crippen molar-refractivity contribution < 1.29 is 4.74 Å². The van der Waals surface area contributed by atoms with Crippen LogP contribution >= 0.6 is 11.6 Å². The van der Waals surface area contributed by atoms with Crippen molar-refractivity contribution in [1.82, 2.24) is 0 Å². The summed E-state index contributed by atoms with van der Waals surface area (Å²) in [6, 6.07) is 7.96. The van der Waals surface area contributed by atoms with E-state index in [0.29, 0.717) is 12.5 Å². The number of ether oxygens (including phenoxy) is 1. The van der Waals surface area contributed by atoms with Crippen LogP contribution in [0.2, 0.25) is 5.02 Å². The van der Waals surface area contributed by atoms with Crippen molar-refractivity contribution in [3.05, 3.63) is 34.9 Å². The highest BCUT2D eigenvalue weighted by molar-refractivity contribution is 6.31. The zero-order chi connectivity index (χ0) is 12.5. The van der Waals surface area contributed by atoms with E-state index in [0.717, 1.165) is 37.5 Å². The summed E-state index contributed by atoms with van der Waals surface area (Å²) in [6.45, 7) is 4.43. The van der Waals surface area contributed by atoms with Crippen molar-refractivity contribution in [2.24, 2.45) is 11.7 Å². The van der Waals surface area contributed by atoms with Crippen LogP contribution in [0.3, 0.4) is 0 Å². The van der Waals surface area contributed by atoms with E-state index in [-0.39, 0.29) is 0 Å². The summed E-state index contributed by atoms with van der Waals surface area (Å²) in [4.78, 5) is 0. The minimum atomic E-state index is 0.451. The molecular weight excluding hydrogens is 234 g/mol. The molecule has 0 saturated carbocycles. The van der Waals surface area contributed by atoms with E-state index in [1.54, 1.807) is 0 Å². The second-order valence-corrected chi connectivity index (χ2v) is 4.71. The van der Waals surface area contributed by atoms with Gasteiger partial charge in [-0.15, -0.1) is 0 Å². The predicted octanol–water partition coefficient (Wildman–Crippen LogP) is 3.27. The van der Waals surface area contributed by atoms with Crippen LogP contribution in [0.1, 0.15) is 25.3 Å². The third-order valence-corrected chi connectivity index (χ3v) is 3.19. The van der Waals surface area contributed by atoms with Gasteiger partial charge >= 0.3 is 0 Å². The van der Waals surface area contributed by atoms with E-state index in [9.17, 15) is 0 Å². The summed E-state index contributed by atoms with van der Waals surface area (Å²) in [6.07, 6.45) is 3.01. The number of nitrogens with two attached hydrogens (primary N) is 1. The third kappa shape index (κ3) is 5.53. The van der Waals surface area contributed by atoms with Crippen LogP contribution in [0.15, 0.2) is 24.3 Å². The molecule has 3 heteroatoms. The molecule has 96 valence electrons. The van der Waals surface area contributed by atoms with E-state index < -0.39 is 0 Å². The zero-order valence-corrected chi connectivity index (χ0v) is 11.2. The summed E-state index contributed by atoms with van der Waals surface area (Å²) in [5.41, 5.74) is 6.97. The van der Waals surface area contributed by atoms with Crippen molar-refractivity contribution in [2.45, 2.75) is 26.2 Å². The van der Waals surface area contributed by atoms with Crippen LogP contribution in [0.5, 0.6) is 0 Å². The molecule has 0 fully saturated rings. The van der Waals surface area contributed by atoms with Gasteiger partial charge < -0.3 is 10.5 Å². The number of halogens is 1. The Kier molecular flexibility index (Phi) is 7.25. The lowest BCUT2D eigenvalue weighted by Gasteiger charge is -2.15. The zero-order valence-electron chi connectivity index (χ0n) is 10.5. The Morgan fingerprint density at radius 1 is 1.29 bits per heavy atom. The SMILES string of the molecule is CCCOCCC(CN)Cc1ccccc1Cl. The first kappa shape index (κ1) is 14.5. The molecule has 1 aromatic rings. The Bertz CT molecular complexity index is 317. The highest BCUT2D eigenvalue weighted by Crippen LogP contribution is 2.19. The third-order valence-electron chi connectivity index (χ3n) is 2.82. The molecule has 0 bridgehead atoms. The Labute approximate surface area is 109 Å². The summed E-state index contributed by atoms with van der Waals surface area (Å²) >= 11 is 6.14. The van der Waals surface area contributed by atoms with Gasteiger partial charge in [-0.2, -0.15) is 0 Å². The highest BCUT2D eigenvalue weighted by atomic mass is 35.5. The molecule has 0 aromatic heterocycles. The molecule has 0 aliphatic heterocycles. The molecule has 1 atom stereocenters. The molecule has 1 aromatic carbocycles. The maximum Gasteiger partial charge on any atom is 0.0469 e. The van der Waals surface area contributed by atoms with Gasteiger partial charge in [-0.1, -0.05) is 36.7 Å². The highest BCUT2D eigenvalue weighted by Gasteiger charge is 2.09. The van der Waals surface area contributed by atoms with E-state index in [1.165, 1.54) is 5.56 Å². The van der Waals surface area contributed by atoms with Gasteiger partial charge in [0.1, 0.15) is 0 Å². The topological polar surface area (TPSA) is 35.2 Å². The Morgan fingerprint density at radius 2 is 2.06 bits per heavy atom. The van der Waals surface area contributed by atoms with Gasteiger partial charge in [0.2, 0.25) is 0 Å². The molecule has 0 aliphatic carbocycles. The lowest BCUT2D eigenvalue weighted by atomic mass is 9.96. The van der Waals surface area contributed by atoms with Gasteiger partial charge in [0, 0.05) is 18.2 Å².